The Morgan fingerprint density at radius 3 is 1.62 bits per heavy atom. The van der Waals surface area contributed by atoms with Crippen molar-refractivity contribution in [2.24, 2.45) is 0 Å². The van der Waals surface area contributed by atoms with Gasteiger partial charge in [-0.1, -0.05) is 103 Å². The van der Waals surface area contributed by atoms with Crippen molar-refractivity contribution in [3.05, 3.63) is 220 Å². The summed E-state index contributed by atoms with van der Waals surface area (Å²) < 4.78 is 5.79. The van der Waals surface area contributed by atoms with Crippen LogP contribution in [-0.2, 0) is 6.42 Å². The molecule has 0 amide bonds. The van der Waals surface area contributed by atoms with E-state index >= 15 is 0 Å². The third-order valence-electron chi connectivity index (χ3n) is 13.6. The third-order valence-corrected chi connectivity index (χ3v) is 14.2. The second-order valence-electron chi connectivity index (χ2n) is 18.0. The van der Waals surface area contributed by atoms with Gasteiger partial charge in [-0.15, -0.1) is 0 Å². The van der Waals surface area contributed by atoms with Gasteiger partial charge in [-0.05, 0) is 35.4 Å². The van der Waals surface area contributed by atoms with Gasteiger partial charge in [-0.3, -0.25) is 0 Å². The second-order valence-corrected chi connectivity index (χ2v) is 19.3. The zero-order valence-corrected chi connectivity index (χ0v) is 41.3. The van der Waals surface area contributed by atoms with Gasteiger partial charge < -0.3 is 4.57 Å². The maximum absolute atomic E-state index is 6.26. The fourth-order valence-corrected chi connectivity index (χ4v) is 11.0. The average molecular weight is 1020 g/mol. The van der Waals surface area contributed by atoms with Gasteiger partial charge in [0.05, 0.1) is 11.0 Å². The Kier molecular flexibility index (Phi) is 11.8. The Bertz CT molecular complexity index is 4010. The molecule has 0 spiro atoms. The number of fused-ring (bicyclic) bond motifs is 6. The fraction of sp³-hybridized carbons (Fsp3) is 0.0635. The van der Waals surface area contributed by atoms with Gasteiger partial charge in [0.15, 0.2) is 0 Å². The molecule has 0 aliphatic carbocycles. The number of para-hydroxylation sites is 4. The molecule has 12 aromatic rings. The van der Waals surface area contributed by atoms with Crippen molar-refractivity contribution >= 4 is 93.1 Å². The Balaban J connectivity index is 1.14. The Hall–Kier alpha value is -7.81. The molecule has 71 heavy (non-hydrogen) atoms. The molecule has 12 rings (SSSR count). The molecule has 0 N–H and O–H groups in total. The van der Waals surface area contributed by atoms with E-state index in [2.05, 4.69) is 227 Å². The van der Waals surface area contributed by atoms with E-state index in [0.29, 0.717) is 17.5 Å². The van der Waals surface area contributed by atoms with E-state index in [9.17, 15) is 0 Å². The van der Waals surface area contributed by atoms with Crippen LogP contribution >= 0.6 is 22.6 Å². The standard InChI is InChI=1S/C63H44B2IN5/c1-2-3-15-40-30-41(38-64)32-46(31-40)61-67-62(47-33-42(39-65)34-48(66)35-47)69-63(68-61)54-37-45(27-29-60(54)71-56-23-12-8-19-50(56)51-20-9-13-24-57(51)71)49-18-7-11-22-55(49)70-58-25-14-10-21-52(58)53-36-44(26-28-59(53)70)43-16-5-4-6-17-43/h4-14,16-39H,2-3,15H2,1H3. The summed E-state index contributed by atoms with van der Waals surface area (Å²) in [5.74, 6) is 4.92. The number of hydrogen-bond acceptors (Lipinski definition) is 3. The summed E-state index contributed by atoms with van der Waals surface area (Å²) in [5, 5.41) is 4.73. The zero-order valence-electron chi connectivity index (χ0n) is 39.1. The van der Waals surface area contributed by atoms with E-state index in [1.807, 2.05) is 12.1 Å². The van der Waals surface area contributed by atoms with Crippen LogP contribution in [0.25, 0.3) is 111 Å². The van der Waals surface area contributed by atoms with E-state index in [1.165, 1.54) is 38.2 Å². The van der Waals surface area contributed by atoms with Crippen LogP contribution in [0, 0.1) is 3.57 Å². The molecule has 0 aliphatic rings. The summed E-state index contributed by atoms with van der Waals surface area (Å²) in [4.78, 5) is 16.2. The normalized spacial score (nSPS) is 11.5. The van der Waals surface area contributed by atoms with Crippen LogP contribution in [0.4, 0.5) is 0 Å². The topological polar surface area (TPSA) is 48.5 Å². The van der Waals surface area contributed by atoms with Crippen molar-refractivity contribution in [1.29, 1.82) is 0 Å². The van der Waals surface area contributed by atoms with Crippen molar-refractivity contribution in [3.63, 3.8) is 0 Å². The van der Waals surface area contributed by atoms with Crippen LogP contribution in [0.1, 0.15) is 36.5 Å². The number of rotatable bonds is 12. The molecule has 3 aromatic heterocycles. The van der Waals surface area contributed by atoms with Gasteiger partial charge in [0.25, 0.3) is 0 Å². The Labute approximate surface area is 428 Å². The van der Waals surface area contributed by atoms with E-state index in [4.69, 9.17) is 29.9 Å². The zero-order chi connectivity index (χ0) is 48.0. The molecular formula is C63H44B2IN5. The number of hydrogen-bond donors (Lipinski definition) is 0. The van der Waals surface area contributed by atoms with Gasteiger partial charge in [0.2, 0.25) is 0 Å². The first kappa shape index (κ1) is 44.4. The summed E-state index contributed by atoms with van der Waals surface area (Å²) >= 11 is 2.34. The van der Waals surface area contributed by atoms with E-state index in [-0.39, 0.29) is 0 Å². The summed E-state index contributed by atoms with van der Waals surface area (Å²) in [5.41, 5.74) is 16.5. The van der Waals surface area contributed by atoms with Gasteiger partial charge in [-0.25, -0.2) is 0 Å². The minimum absolute atomic E-state index is 0.542. The molecule has 0 unspecified atom stereocenters. The first-order chi connectivity index (χ1) is 35.0. The molecule has 0 saturated heterocycles. The van der Waals surface area contributed by atoms with Crippen molar-refractivity contribution in [2.75, 3.05) is 0 Å². The molecule has 0 saturated carbocycles. The molecule has 0 atom stereocenters. The number of benzene rings is 9. The summed E-state index contributed by atoms with van der Waals surface area (Å²) in [6, 6.07) is 71.5. The van der Waals surface area contributed by atoms with Crippen LogP contribution < -0.4 is 0 Å². The van der Waals surface area contributed by atoms with Crippen molar-refractivity contribution in [1.82, 2.24) is 24.1 Å². The molecule has 0 bridgehead atoms. The van der Waals surface area contributed by atoms with E-state index in [1.54, 1.807) is 11.9 Å². The Morgan fingerprint density at radius 1 is 0.423 bits per heavy atom. The van der Waals surface area contributed by atoms with Crippen LogP contribution in [-0.4, -0.2) is 51.0 Å². The molecule has 0 aliphatic heterocycles. The molecule has 334 valence electrons. The van der Waals surface area contributed by atoms with Crippen molar-refractivity contribution in [3.8, 4) is 67.8 Å². The molecule has 9 aromatic carbocycles. The van der Waals surface area contributed by atoms with E-state index in [0.717, 1.165) is 95.2 Å². The monoisotopic (exact) mass is 1020 g/mol. The number of nitrogens with zero attached hydrogens (tertiary/aromatic N) is 5. The Morgan fingerprint density at radius 2 is 0.958 bits per heavy atom. The summed E-state index contributed by atoms with van der Waals surface area (Å²) in [6.07, 6.45) is 3.06. The second kappa shape index (κ2) is 18.8. The van der Waals surface area contributed by atoms with Gasteiger partial charge in [0.1, 0.15) is 0 Å². The molecule has 0 fully saturated rings. The molecule has 3 heterocycles. The van der Waals surface area contributed by atoms with Crippen molar-refractivity contribution < 1.29 is 0 Å². The number of aryl methyl sites for hydroxylation is 1. The number of halogens is 1. The van der Waals surface area contributed by atoms with Crippen LogP contribution in [0.2, 0.25) is 0 Å². The molecule has 5 nitrogen and oxygen atoms in total. The number of unbranched alkanes of at least 4 members (excludes halogenated alkanes) is 1. The fourth-order valence-electron chi connectivity index (χ4n) is 10.3. The molecular weight excluding hydrogens is 975 g/mol. The predicted molar refractivity (Wildman–Crippen MR) is 309 cm³/mol. The minimum atomic E-state index is 0.542. The molecule has 8 heteroatoms. The first-order valence-electron chi connectivity index (χ1n) is 24.1. The van der Waals surface area contributed by atoms with Crippen molar-refractivity contribution in [2.45, 2.75) is 26.2 Å². The number of aromatic nitrogens is 5. The average Bonchev–Trinajstić information content (AvgIpc) is 3.94. The first-order valence-corrected chi connectivity index (χ1v) is 25.2. The summed E-state index contributed by atoms with van der Waals surface area (Å²) in [7, 11) is 12.4. The van der Waals surface area contributed by atoms with E-state index < -0.39 is 0 Å². The van der Waals surface area contributed by atoms with Gasteiger partial charge >= 0.3 is 267 Å². The van der Waals surface area contributed by atoms with Gasteiger partial charge in [0, 0.05) is 10.8 Å². The molecule has 2 radical (unpaired) electrons. The van der Waals surface area contributed by atoms with Crippen LogP contribution in [0.5, 0.6) is 0 Å². The van der Waals surface area contributed by atoms with Gasteiger partial charge in [-0.2, -0.15) is 0 Å². The van der Waals surface area contributed by atoms with Crippen LogP contribution in [0.3, 0.4) is 0 Å². The SMILES string of the molecule is [B]=Cc1cc(I)cc(-c2nc(-c3cc(C=[B])cc(CCCC)c3)nc(-c3cc(-c4ccccc4-n4c5ccccc5c5cc(-c6ccccc6)ccc54)ccc3-n3c4ccccc4c4ccccc43)n2)c1. The quantitative estimate of drug-likeness (QED) is 0.0905. The third kappa shape index (κ3) is 8.16. The predicted octanol–water partition coefficient (Wildman–Crippen LogP) is 15.0. The summed E-state index contributed by atoms with van der Waals surface area (Å²) in [6.45, 7) is 2.21. The maximum atomic E-state index is 6.26. The van der Waals surface area contributed by atoms with Crippen LogP contribution in [0.15, 0.2) is 200 Å².